The zero-order valence-electron chi connectivity index (χ0n) is 15.1. The van der Waals surface area contributed by atoms with Gasteiger partial charge in [0.1, 0.15) is 11.9 Å². The number of aromatic nitrogens is 1. The van der Waals surface area contributed by atoms with Crippen molar-refractivity contribution in [2.75, 3.05) is 27.9 Å². The van der Waals surface area contributed by atoms with E-state index in [1.165, 1.54) is 21.3 Å². The lowest BCUT2D eigenvalue weighted by Crippen LogP contribution is -2.35. The third kappa shape index (κ3) is 4.11. The van der Waals surface area contributed by atoms with Crippen molar-refractivity contribution in [3.63, 3.8) is 0 Å². The molecule has 1 heterocycles. The molecule has 148 valence electrons. The first kappa shape index (κ1) is 20.8. The summed E-state index contributed by atoms with van der Waals surface area (Å²) >= 11 is 6.35. The lowest BCUT2D eigenvalue weighted by atomic mass is 10.0. The maximum atomic E-state index is 11.5. The first-order valence-corrected chi connectivity index (χ1v) is 8.31. The van der Waals surface area contributed by atoms with Gasteiger partial charge in [0, 0.05) is 29.9 Å². The molecule has 0 saturated carbocycles. The number of carboxylic acids is 1. The van der Waals surface area contributed by atoms with Gasteiger partial charge in [0.05, 0.1) is 26.4 Å². The van der Waals surface area contributed by atoms with Crippen LogP contribution in [0.15, 0.2) is 12.1 Å². The van der Waals surface area contributed by atoms with Gasteiger partial charge in [0.25, 0.3) is 0 Å². The molecule has 1 aromatic heterocycles. The number of carboxylic acid groups (broad SMARTS) is 1. The zero-order valence-corrected chi connectivity index (χ0v) is 15.9. The number of aliphatic hydroxyl groups excluding tert-OH is 1. The SMILES string of the molecule is COc1ccc(-c2c(CNC(O)CN)[nH]c(C(=O)O)c2Cl)c(OC)c1OC. The summed E-state index contributed by atoms with van der Waals surface area (Å²) in [7, 11) is 4.41. The van der Waals surface area contributed by atoms with Crippen LogP contribution < -0.4 is 25.3 Å². The molecule has 0 aliphatic rings. The van der Waals surface area contributed by atoms with Crippen molar-refractivity contribution < 1.29 is 29.2 Å². The highest BCUT2D eigenvalue weighted by atomic mass is 35.5. The van der Waals surface area contributed by atoms with Crippen molar-refractivity contribution in [1.29, 1.82) is 0 Å². The highest BCUT2D eigenvalue weighted by molar-refractivity contribution is 6.36. The third-order valence-electron chi connectivity index (χ3n) is 3.94. The van der Waals surface area contributed by atoms with E-state index in [2.05, 4.69) is 10.3 Å². The molecule has 0 aliphatic carbocycles. The lowest BCUT2D eigenvalue weighted by Gasteiger charge is -2.17. The van der Waals surface area contributed by atoms with Gasteiger partial charge >= 0.3 is 5.97 Å². The van der Waals surface area contributed by atoms with Gasteiger partial charge in [-0.2, -0.15) is 0 Å². The normalized spacial score (nSPS) is 11.9. The number of hydrogen-bond donors (Lipinski definition) is 5. The van der Waals surface area contributed by atoms with Crippen molar-refractivity contribution in [1.82, 2.24) is 10.3 Å². The maximum absolute atomic E-state index is 11.5. The fraction of sp³-hybridized carbons (Fsp3) is 0.353. The van der Waals surface area contributed by atoms with Gasteiger partial charge in [-0.15, -0.1) is 0 Å². The third-order valence-corrected chi connectivity index (χ3v) is 4.32. The van der Waals surface area contributed by atoms with E-state index in [0.717, 1.165) is 0 Å². The van der Waals surface area contributed by atoms with E-state index < -0.39 is 12.2 Å². The number of carbonyl (C=O) groups is 1. The van der Waals surface area contributed by atoms with E-state index in [4.69, 9.17) is 31.5 Å². The largest absolute Gasteiger partial charge is 0.493 e. The fourth-order valence-electron chi connectivity index (χ4n) is 2.69. The number of nitrogens with two attached hydrogens (primary N) is 1. The Kier molecular flexibility index (Phi) is 6.92. The molecule has 1 unspecified atom stereocenters. The molecule has 0 aliphatic heterocycles. The summed E-state index contributed by atoms with van der Waals surface area (Å²) in [6, 6.07) is 3.34. The second kappa shape index (κ2) is 8.96. The van der Waals surface area contributed by atoms with Gasteiger partial charge in [-0.05, 0) is 12.1 Å². The topological polar surface area (TPSA) is 139 Å². The van der Waals surface area contributed by atoms with E-state index >= 15 is 0 Å². The molecule has 1 atom stereocenters. The molecule has 0 fully saturated rings. The van der Waals surface area contributed by atoms with Crippen molar-refractivity contribution in [2.24, 2.45) is 5.73 Å². The van der Waals surface area contributed by atoms with Crippen molar-refractivity contribution in [2.45, 2.75) is 12.8 Å². The minimum absolute atomic E-state index is 0.00472. The number of aromatic carboxylic acids is 1. The number of hydrogen-bond acceptors (Lipinski definition) is 7. The Bertz CT molecular complexity index is 823. The predicted molar refractivity (Wildman–Crippen MR) is 99.8 cm³/mol. The predicted octanol–water partition coefficient (Wildman–Crippen LogP) is 1.43. The first-order chi connectivity index (χ1) is 12.9. The summed E-state index contributed by atoms with van der Waals surface area (Å²) < 4.78 is 16.1. The molecule has 1 aromatic carbocycles. The molecule has 0 saturated heterocycles. The molecule has 10 heteroatoms. The van der Waals surface area contributed by atoms with Crippen LogP contribution in [0.2, 0.25) is 5.02 Å². The Morgan fingerprint density at radius 3 is 2.44 bits per heavy atom. The average Bonchev–Trinajstić information content (AvgIpc) is 3.00. The van der Waals surface area contributed by atoms with Crippen LogP contribution in [0.3, 0.4) is 0 Å². The summed E-state index contributed by atoms with van der Waals surface area (Å²) in [6.07, 6.45) is -0.958. The number of nitrogens with one attached hydrogen (secondary N) is 2. The van der Waals surface area contributed by atoms with Crippen LogP contribution in [0.25, 0.3) is 11.1 Å². The second-order valence-corrected chi connectivity index (χ2v) is 5.86. The van der Waals surface area contributed by atoms with Crippen LogP contribution in [0, 0.1) is 0 Å². The average molecular weight is 400 g/mol. The number of H-pyrrole nitrogens is 1. The van der Waals surface area contributed by atoms with Crippen LogP contribution in [0.4, 0.5) is 0 Å². The van der Waals surface area contributed by atoms with Gasteiger partial charge in [0.2, 0.25) is 5.75 Å². The quantitative estimate of drug-likeness (QED) is 0.399. The Balaban J connectivity index is 2.67. The smallest absolute Gasteiger partial charge is 0.353 e. The van der Waals surface area contributed by atoms with E-state index in [-0.39, 0.29) is 23.8 Å². The highest BCUT2D eigenvalue weighted by Crippen LogP contribution is 2.47. The number of methoxy groups -OCH3 is 3. The lowest BCUT2D eigenvalue weighted by molar-refractivity contribution is 0.0691. The Labute approximate surface area is 161 Å². The van der Waals surface area contributed by atoms with E-state index in [1.54, 1.807) is 12.1 Å². The summed E-state index contributed by atoms with van der Waals surface area (Å²) in [5, 5.41) is 21.8. The summed E-state index contributed by atoms with van der Waals surface area (Å²) in [6.45, 7) is 0.0907. The van der Waals surface area contributed by atoms with E-state index in [0.29, 0.717) is 34.1 Å². The number of benzene rings is 1. The zero-order chi connectivity index (χ0) is 20.1. The number of aromatic amines is 1. The molecular weight excluding hydrogens is 378 g/mol. The molecule has 6 N–H and O–H groups in total. The monoisotopic (exact) mass is 399 g/mol. The molecule has 2 rings (SSSR count). The Morgan fingerprint density at radius 2 is 1.93 bits per heavy atom. The maximum Gasteiger partial charge on any atom is 0.353 e. The fourth-order valence-corrected chi connectivity index (χ4v) is 3.03. The van der Waals surface area contributed by atoms with Gasteiger partial charge in [-0.25, -0.2) is 4.79 Å². The highest BCUT2D eigenvalue weighted by Gasteiger charge is 2.26. The van der Waals surface area contributed by atoms with Crippen LogP contribution in [-0.4, -0.2) is 55.3 Å². The number of aliphatic hydroxyl groups is 1. The van der Waals surface area contributed by atoms with E-state index in [9.17, 15) is 15.0 Å². The molecule has 0 bridgehead atoms. The van der Waals surface area contributed by atoms with Gasteiger partial charge in [-0.3, -0.25) is 5.32 Å². The number of halogens is 1. The number of ether oxygens (including phenoxy) is 3. The minimum atomic E-state index is -1.22. The standard InChI is InChI=1S/C17H22ClN3O6/c1-25-10-5-4-8(15(26-2)16(10)27-3)12-9(7-20-11(22)6-19)21-14(13(12)18)17(23)24/h4-5,11,20-22H,6-7,19H2,1-3H3,(H,23,24). The Hall–Kier alpha value is -2.46. The first-order valence-electron chi connectivity index (χ1n) is 7.93. The van der Waals surface area contributed by atoms with Crippen LogP contribution in [0.1, 0.15) is 16.2 Å². The second-order valence-electron chi connectivity index (χ2n) is 5.49. The molecule has 9 nitrogen and oxygen atoms in total. The summed E-state index contributed by atoms with van der Waals surface area (Å²) in [5.41, 5.74) is 6.56. The minimum Gasteiger partial charge on any atom is -0.493 e. The van der Waals surface area contributed by atoms with Gasteiger partial charge < -0.3 is 35.1 Å². The van der Waals surface area contributed by atoms with Crippen molar-refractivity contribution >= 4 is 17.6 Å². The van der Waals surface area contributed by atoms with Crippen molar-refractivity contribution in [3.05, 3.63) is 28.5 Å². The molecule has 27 heavy (non-hydrogen) atoms. The molecule has 0 spiro atoms. The van der Waals surface area contributed by atoms with Gasteiger partial charge in [-0.1, -0.05) is 11.6 Å². The van der Waals surface area contributed by atoms with Crippen LogP contribution >= 0.6 is 11.6 Å². The number of rotatable bonds is 9. The van der Waals surface area contributed by atoms with Gasteiger partial charge in [0.15, 0.2) is 11.5 Å². The summed E-state index contributed by atoms with van der Waals surface area (Å²) in [5.74, 6) is -0.101. The summed E-state index contributed by atoms with van der Waals surface area (Å²) in [4.78, 5) is 14.3. The van der Waals surface area contributed by atoms with Crippen LogP contribution in [0.5, 0.6) is 17.2 Å². The molecular formula is C17H22ClN3O6. The van der Waals surface area contributed by atoms with E-state index in [1.807, 2.05) is 0 Å². The van der Waals surface area contributed by atoms with Crippen molar-refractivity contribution in [3.8, 4) is 28.4 Å². The Morgan fingerprint density at radius 1 is 1.26 bits per heavy atom. The molecule has 2 aromatic rings. The molecule has 0 amide bonds. The molecule has 0 radical (unpaired) electrons. The van der Waals surface area contributed by atoms with Crippen LogP contribution in [-0.2, 0) is 6.54 Å².